The summed E-state index contributed by atoms with van der Waals surface area (Å²) in [6.07, 6.45) is 4.68. The summed E-state index contributed by atoms with van der Waals surface area (Å²) in [7, 11) is -3.24. The van der Waals surface area contributed by atoms with E-state index in [0.29, 0.717) is 12.1 Å². The Morgan fingerprint density at radius 3 is 2.67 bits per heavy atom. The molecule has 0 aromatic carbocycles. The van der Waals surface area contributed by atoms with Crippen LogP contribution in [0, 0.1) is 11.8 Å². The predicted octanol–water partition coefficient (Wildman–Crippen LogP) is 0.0369. The minimum absolute atomic E-state index is 0.0159. The Morgan fingerprint density at radius 2 is 2.09 bits per heavy atom. The molecular weight excluding hydrogens is 488 g/mol. The second-order valence-electron chi connectivity index (χ2n) is 8.39. The Kier molecular flexibility index (Phi) is 6.37. The summed E-state index contributed by atoms with van der Waals surface area (Å²) >= 11 is 2.89. The van der Waals surface area contributed by atoms with Crippen LogP contribution in [0.25, 0.3) is 10.4 Å². The number of nitrogens with zero attached hydrogens (tertiary/aromatic N) is 3. The van der Waals surface area contributed by atoms with Crippen molar-refractivity contribution in [3.8, 4) is 0 Å². The van der Waals surface area contributed by atoms with Gasteiger partial charge in [0, 0.05) is 18.0 Å². The van der Waals surface area contributed by atoms with Crippen molar-refractivity contribution in [2.75, 3.05) is 24.3 Å². The van der Waals surface area contributed by atoms with E-state index in [9.17, 15) is 28.2 Å². The van der Waals surface area contributed by atoms with E-state index in [4.69, 9.17) is 5.73 Å². The molecule has 4 heterocycles. The molecule has 1 fully saturated rings. The van der Waals surface area contributed by atoms with E-state index < -0.39 is 27.8 Å². The second kappa shape index (κ2) is 8.69. The number of sulfone groups is 1. The van der Waals surface area contributed by atoms with Gasteiger partial charge < -0.3 is 20.8 Å². The zero-order valence-electron chi connectivity index (χ0n) is 18.5. The Hall–Kier alpha value is -1.93. The average Bonchev–Trinajstić information content (AvgIpc) is 3.33. The topological polar surface area (TPSA) is 146 Å². The first kappa shape index (κ1) is 24.2. The van der Waals surface area contributed by atoms with E-state index in [1.807, 2.05) is 28.3 Å². The fraction of sp³-hybridized carbons (Fsp3) is 0.550. The number of carbonyl (C=O) groups excluding carboxylic acids is 1. The fourth-order valence-corrected chi connectivity index (χ4v) is 8.08. The van der Waals surface area contributed by atoms with E-state index in [1.165, 1.54) is 28.0 Å². The molecule has 1 amide bonds. The summed E-state index contributed by atoms with van der Waals surface area (Å²) in [5.74, 6) is -2.46. The van der Waals surface area contributed by atoms with Crippen LogP contribution in [0.1, 0.15) is 18.7 Å². The van der Waals surface area contributed by atoms with Gasteiger partial charge in [0.25, 0.3) is 6.33 Å². The van der Waals surface area contributed by atoms with E-state index in [2.05, 4.69) is 0 Å². The largest absolute Gasteiger partial charge is 0.477 e. The lowest BCUT2D eigenvalue weighted by Gasteiger charge is -2.46. The Labute approximate surface area is 199 Å². The molecule has 13 heteroatoms. The van der Waals surface area contributed by atoms with Gasteiger partial charge in [0.15, 0.2) is 9.84 Å². The molecule has 10 nitrogen and oxygen atoms in total. The van der Waals surface area contributed by atoms with E-state index >= 15 is 0 Å². The standard InChI is InChI=1S/C20H26N4O6S3/c1-10-13(16(20(27)28)24-15(10)14(11(2)25)17(24)26)12-8-23-9-22(18(31-3)19(23)32-12)5-7-33(29,30)6-4-21/h8-11,14-15,25H,4-7,21H2,1-3H3/p+1/t10-,11+,14+,15+/m0/s1. The highest BCUT2D eigenvalue weighted by Crippen LogP contribution is 2.51. The number of carboxylic acid groups (broad SMARTS) is 1. The van der Waals surface area contributed by atoms with Gasteiger partial charge in [0.1, 0.15) is 18.4 Å². The molecule has 1 saturated heterocycles. The lowest BCUT2D eigenvalue weighted by Crippen LogP contribution is -2.63. The molecule has 180 valence electrons. The van der Waals surface area contributed by atoms with Crippen LogP contribution in [0.2, 0.25) is 0 Å². The normalized spacial score (nSPS) is 23.8. The zero-order chi connectivity index (χ0) is 24.2. The van der Waals surface area contributed by atoms with Crippen LogP contribution in [0.15, 0.2) is 23.2 Å². The number of amides is 1. The molecule has 4 rings (SSSR count). The lowest BCUT2D eigenvalue weighted by atomic mass is 9.77. The van der Waals surface area contributed by atoms with Gasteiger partial charge in [-0.25, -0.2) is 17.8 Å². The number of nitrogens with two attached hydrogens (primary N) is 1. The summed E-state index contributed by atoms with van der Waals surface area (Å²) in [5, 5.41) is 20.8. The van der Waals surface area contributed by atoms with Crippen LogP contribution in [0.4, 0.5) is 0 Å². The van der Waals surface area contributed by atoms with Crippen molar-refractivity contribution in [2.45, 2.75) is 37.6 Å². The smallest absolute Gasteiger partial charge is 0.352 e. The highest BCUT2D eigenvalue weighted by atomic mass is 32.2. The first-order valence-corrected chi connectivity index (χ1v) is 14.4. The molecule has 2 aromatic rings. The minimum atomic E-state index is -3.24. The van der Waals surface area contributed by atoms with Gasteiger partial charge in [-0.15, -0.1) is 0 Å². The summed E-state index contributed by atoms with van der Waals surface area (Å²) in [6, 6.07) is -0.377. The number of hydrogen-bond acceptors (Lipinski definition) is 8. The van der Waals surface area contributed by atoms with Crippen molar-refractivity contribution in [3.05, 3.63) is 23.1 Å². The number of fused-ring (bicyclic) bond motifs is 2. The van der Waals surface area contributed by atoms with Crippen LogP contribution in [-0.2, 0) is 26.0 Å². The molecule has 2 aromatic heterocycles. The van der Waals surface area contributed by atoms with Crippen LogP contribution in [-0.4, -0.2) is 76.3 Å². The van der Waals surface area contributed by atoms with Crippen LogP contribution in [0.3, 0.4) is 0 Å². The highest BCUT2D eigenvalue weighted by Gasteiger charge is 2.60. The van der Waals surface area contributed by atoms with Crippen molar-refractivity contribution in [2.24, 2.45) is 17.6 Å². The number of rotatable bonds is 9. The second-order valence-corrected chi connectivity index (χ2v) is 12.5. The quantitative estimate of drug-likeness (QED) is 0.241. The molecule has 0 unspecified atom stereocenters. The van der Waals surface area contributed by atoms with Gasteiger partial charge in [0.05, 0.1) is 34.4 Å². The number of β-lactam (4-membered cyclic amide) rings is 1. The maximum absolute atomic E-state index is 12.6. The Balaban J connectivity index is 1.71. The Bertz CT molecular complexity index is 1260. The van der Waals surface area contributed by atoms with Crippen molar-refractivity contribution in [3.63, 3.8) is 0 Å². The minimum Gasteiger partial charge on any atom is -0.477 e. The highest BCUT2D eigenvalue weighted by molar-refractivity contribution is 7.98. The third-order valence-electron chi connectivity index (χ3n) is 6.31. The van der Waals surface area contributed by atoms with Gasteiger partial charge in [-0.2, -0.15) is 4.40 Å². The van der Waals surface area contributed by atoms with Gasteiger partial charge in [-0.1, -0.05) is 30.0 Å². The number of imidazole rings is 1. The van der Waals surface area contributed by atoms with Gasteiger partial charge >= 0.3 is 5.97 Å². The molecule has 2 aliphatic rings. The number of aromatic nitrogens is 2. The lowest BCUT2D eigenvalue weighted by molar-refractivity contribution is -0.725. The molecular formula is C20H27N4O6S3+. The summed E-state index contributed by atoms with van der Waals surface area (Å²) < 4.78 is 27.9. The molecule has 0 aliphatic carbocycles. The molecule has 2 aliphatic heterocycles. The molecule has 0 radical (unpaired) electrons. The van der Waals surface area contributed by atoms with Crippen molar-refractivity contribution in [1.82, 2.24) is 9.30 Å². The number of aliphatic hydroxyl groups excluding tert-OH is 1. The number of aliphatic carboxylic acids is 1. The predicted molar refractivity (Wildman–Crippen MR) is 124 cm³/mol. The zero-order valence-corrected chi connectivity index (χ0v) is 20.9. The molecule has 0 spiro atoms. The Morgan fingerprint density at radius 1 is 1.39 bits per heavy atom. The first-order chi connectivity index (χ1) is 15.5. The van der Waals surface area contributed by atoms with Gasteiger partial charge in [-0.3, -0.25) is 4.79 Å². The summed E-state index contributed by atoms with van der Waals surface area (Å²) in [4.78, 5) is 27.6. The van der Waals surface area contributed by atoms with E-state index in [1.54, 1.807) is 13.3 Å². The molecule has 0 saturated carbocycles. The van der Waals surface area contributed by atoms with Gasteiger partial charge in [0.2, 0.25) is 15.8 Å². The van der Waals surface area contributed by atoms with E-state index in [-0.39, 0.29) is 41.6 Å². The summed E-state index contributed by atoms with van der Waals surface area (Å²) in [5.41, 5.74) is 5.95. The first-order valence-electron chi connectivity index (χ1n) is 10.5. The van der Waals surface area contributed by atoms with E-state index in [0.717, 1.165) is 14.7 Å². The molecule has 4 N–H and O–H groups in total. The monoisotopic (exact) mass is 515 g/mol. The van der Waals surface area contributed by atoms with Crippen LogP contribution < -0.4 is 10.3 Å². The fourth-order valence-electron chi connectivity index (χ4n) is 4.83. The number of carbonyl (C=O) groups is 2. The number of carboxylic acids is 1. The number of hydrogen-bond donors (Lipinski definition) is 3. The van der Waals surface area contributed by atoms with Crippen molar-refractivity contribution < 1.29 is 32.8 Å². The van der Waals surface area contributed by atoms with Gasteiger partial charge in [-0.05, 0) is 13.2 Å². The molecule has 33 heavy (non-hydrogen) atoms. The maximum atomic E-state index is 12.6. The number of thiazole rings is 1. The maximum Gasteiger partial charge on any atom is 0.352 e. The third kappa shape index (κ3) is 3.89. The molecule has 0 bridgehead atoms. The molecule has 4 atom stereocenters. The van der Waals surface area contributed by atoms with Crippen LogP contribution in [0.5, 0.6) is 0 Å². The number of thioether (sulfide) groups is 1. The van der Waals surface area contributed by atoms with Crippen LogP contribution >= 0.6 is 23.1 Å². The SMILES string of the molecule is CSc1c2sc(C3=C(C(=O)O)N4C(=O)[C@H]([C@@H](C)O)[C@H]4[C@H]3C)cn2c[n+]1CCS(=O)(=O)CCN. The van der Waals surface area contributed by atoms with Crippen molar-refractivity contribution in [1.29, 1.82) is 0 Å². The van der Waals surface area contributed by atoms with Crippen molar-refractivity contribution >= 4 is 55.2 Å². The number of aryl methyl sites for hydroxylation is 1. The summed E-state index contributed by atoms with van der Waals surface area (Å²) in [6.45, 7) is 3.82. The average molecular weight is 516 g/mol. The number of aliphatic hydroxyl groups is 1. The third-order valence-corrected chi connectivity index (χ3v) is 10.1.